The number of nitrogens with one attached hydrogen (secondary N) is 1. The third-order valence-corrected chi connectivity index (χ3v) is 3.65. The van der Waals surface area contributed by atoms with E-state index in [9.17, 15) is 4.79 Å². The van der Waals surface area contributed by atoms with Gasteiger partial charge < -0.3 is 9.72 Å². The van der Waals surface area contributed by atoms with Gasteiger partial charge in [0, 0.05) is 18.9 Å². The van der Waals surface area contributed by atoms with Gasteiger partial charge in [-0.25, -0.2) is 4.98 Å². The summed E-state index contributed by atoms with van der Waals surface area (Å²) in [5.74, 6) is 1.21. The van der Waals surface area contributed by atoms with Crippen LogP contribution in [-0.4, -0.2) is 17.1 Å². The van der Waals surface area contributed by atoms with E-state index in [1.54, 1.807) is 13.2 Å². The quantitative estimate of drug-likeness (QED) is 0.892. The van der Waals surface area contributed by atoms with Gasteiger partial charge in [0.15, 0.2) is 0 Å². The van der Waals surface area contributed by atoms with Crippen molar-refractivity contribution in [1.29, 1.82) is 0 Å². The SMILES string of the molecule is COC1(c2nc(CC(C)C)cc(=O)[nH]2)CCCC1. The normalized spacial score (nSPS) is 18.4. The van der Waals surface area contributed by atoms with Gasteiger partial charge in [0.1, 0.15) is 11.4 Å². The lowest BCUT2D eigenvalue weighted by Crippen LogP contribution is -2.30. The first-order valence-corrected chi connectivity index (χ1v) is 6.71. The number of H-pyrrole nitrogens is 1. The predicted octanol–water partition coefficient (Wildman–Crippen LogP) is 2.38. The molecule has 0 aromatic carbocycles. The van der Waals surface area contributed by atoms with Crippen LogP contribution in [-0.2, 0) is 16.8 Å². The summed E-state index contributed by atoms with van der Waals surface area (Å²) in [7, 11) is 1.71. The molecule has 0 atom stereocenters. The van der Waals surface area contributed by atoms with Gasteiger partial charge in [-0.2, -0.15) is 0 Å². The minimum absolute atomic E-state index is 0.0704. The minimum Gasteiger partial charge on any atom is -0.370 e. The Balaban J connectivity index is 2.38. The van der Waals surface area contributed by atoms with Crippen molar-refractivity contribution in [2.75, 3.05) is 7.11 Å². The molecular weight excluding hydrogens is 228 g/mol. The Kier molecular flexibility index (Phi) is 3.85. The molecule has 1 aromatic heterocycles. The Morgan fingerprint density at radius 3 is 2.67 bits per heavy atom. The number of aromatic amines is 1. The maximum atomic E-state index is 11.8. The van der Waals surface area contributed by atoms with E-state index in [-0.39, 0.29) is 11.2 Å². The zero-order valence-corrected chi connectivity index (χ0v) is 11.5. The predicted molar refractivity (Wildman–Crippen MR) is 70.6 cm³/mol. The van der Waals surface area contributed by atoms with Crippen molar-refractivity contribution in [2.45, 2.75) is 51.6 Å². The molecule has 0 saturated heterocycles. The molecule has 0 spiro atoms. The second-order valence-corrected chi connectivity index (χ2v) is 5.59. The lowest BCUT2D eigenvalue weighted by atomic mass is 10.0. The van der Waals surface area contributed by atoms with Crippen LogP contribution < -0.4 is 5.56 Å². The van der Waals surface area contributed by atoms with Crippen LogP contribution >= 0.6 is 0 Å². The summed E-state index contributed by atoms with van der Waals surface area (Å²) in [6.45, 7) is 4.26. The first-order valence-electron chi connectivity index (χ1n) is 6.71. The zero-order chi connectivity index (χ0) is 13.2. The van der Waals surface area contributed by atoms with Crippen LogP contribution in [0, 0.1) is 5.92 Å². The summed E-state index contributed by atoms with van der Waals surface area (Å²) in [5.41, 5.74) is 0.428. The number of hydrogen-bond donors (Lipinski definition) is 1. The third-order valence-electron chi connectivity index (χ3n) is 3.65. The highest BCUT2D eigenvalue weighted by atomic mass is 16.5. The van der Waals surface area contributed by atoms with Crippen molar-refractivity contribution in [3.8, 4) is 0 Å². The van der Waals surface area contributed by atoms with Crippen molar-refractivity contribution in [3.05, 3.63) is 27.9 Å². The highest BCUT2D eigenvalue weighted by Gasteiger charge is 2.38. The summed E-state index contributed by atoms with van der Waals surface area (Å²) >= 11 is 0. The van der Waals surface area contributed by atoms with Crippen molar-refractivity contribution < 1.29 is 4.74 Å². The topological polar surface area (TPSA) is 55.0 Å². The molecule has 0 aliphatic heterocycles. The Morgan fingerprint density at radius 2 is 2.11 bits per heavy atom. The number of nitrogens with zero attached hydrogens (tertiary/aromatic N) is 1. The molecule has 1 saturated carbocycles. The number of ether oxygens (including phenoxy) is 1. The standard InChI is InChI=1S/C14H22N2O2/c1-10(2)8-11-9-12(17)16-13(15-11)14(18-3)6-4-5-7-14/h9-10H,4-8H2,1-3H3,(H,15,16,17). The Hall–Kier alpha value is -1.16. The van der Waals surface area contributed by atoms with E-state index in [0.29, 0.717) is 11.7 Å². The smallest absolute Gasteiger partial charge is 0.251 e. The molecule has 1 aromatic rings. The second kappa shape index (κ2) is 5.22. The lowest BCUT2D eigenvalue weighted by Gasteiger charge is -2.26. The van der Waals surface area contributed by atoms with E-state index in [4.69, 9.17) is 4.74 Å². The van der Waals surface area contributed by atoms with Crippen molar-refractivity contribution in [1.82, 2.24) is 9.97 Å². The molecule has 1 heterocycles. The monoisotopic (exact) mass is 250 g/mol. The fraction of sp³-hybridized carbons (Fsp3) is 0.714. The van der Waals surface area contributed by atoms with E-state index in [0.717, 1.165) is 37.8 Å². The van der Waals surface area contributed by atoms with Crippen LogP contribution in [0.4, 0.5) is 0 Å². The second-order valence-electron chi connectivity index (χ2n) is 5.59. The Morgan fingerprint density at radius 1 is 1.44 bits per heavy atom. The van der Waals surface area contributed by atoms with Gasteiger partial charge in [-0.15, -0.1) is 0 Å². The number of aromatic nitrogens is 2. The van der Waals surface area contributed by atoms with Crippen LogP contribution in [0.1, 0.15) is 51.0 Å². The molecule has 1 fully saturated rings. The van der Waals surface area contributed by atoms with E-state index in [2.05, 4.69) is 23.8 Å². The van der Waals surface area contributed by atoms with E-state index in [1.807, 2.05) is 0 Å². The lowest BCUT2D eigenvalue weighted by molar-refractivity contribution is -0.0166. The summed E-state index contributed by atoms with van der Waals surface area (Å²) in [6, 6.07) is 1.60. The zero-order valence-electron chi connectivity index (χ0n) is 11.5. The summed E-state index contributed by atoms with van der Waals surface area (Å²) in [4.78, 5) is 19.2. The van der Waals surface area contributed by atoms with Gasteiger partial charge in [0.25, 0.3) is 5.56 Å². The fourth-order valence-electron chi connectivity index (χ4n) is 2.73. The molecule has 1 aliphatic rings. The number of methoxy groups -OCH3 is 1. The minimum atomic E-state index is -0.369. The van der Waals surface area contributed by atoms with Crippen LogP contribution in [0.2, 0.25) is 0 Å². The molecular formula is C14H22N2O2. The maximum absolute atomic E-state index is 11.8. The molecule has 1 N–H and O–H groups in total. The van der Waals surface area contributed by atoms with E-state index < -0.39 is 0 Å². The van der Waals surface area contributed by atoms with Crippen LogP contribution in [0.5, 0.6) is 0 Å². The molecule has 0 unspecified atom stereocenters. The van der Waals surface area contributed by atoms with Crippen molar-refractivity contribution in [2.24, 2.45) is 5.92 Å². The van der Waals surface area contributed by atoms with Gasteiger partial charge in [0.2, 0.25) is 0 Å². The molecule has 0 radical (unpaired) electrons. The average molecular weight is 250 g/mol. The average Bonchev–Trinajstić information content (AvgIpc) is 2.76. The van der Waals surface area contributed by atoms with Gasteiger partial charge in [-0.3, -0.25) is 4.79 Å². The summed E-state index contributed by atoms with van der Waals surface area (Å²) < 4.78 is 5.67. The van der Waals surface area contributed by atoms with Gasteiger partial charge in [-0.1, -0.05) is 13.8 Å². The first kappa shape index (κ1) is 13.3. The molecule has 2 rings (SSSR count). The molecule has 4 heteroatoms. The Labute approximate surface area is 108 Å². The molecule has 0 bridgehead atoms. The largest absolute Gasteiger partial charge is 0.370 e. The van der Waals surface area contributed by atoms with Crippen molar-refractivity contribution >= 4 is 0 Å². The summed E-state index contributed by atoms with van der Waals surface area (Å²) in [5, 5.41) is 0. The molecule has 18 heavy (non-hydrogen) atoms. The first-order chi connectivity index (χ1) is 8.55. The van der Waals surface area contributed by atoms with Gasteiger partial charge in [0.05, 0.1) is 0 Å². The van der Waals surface area contributed by atoms with Crippen LogP contribution in [0.15, 0.2) is 10.9 Å². The number of hydrogen-bond acceptors (Lipinski definition) is 3. The third kappa shape index (κ3) is 2.64. The van der Waals surface area contributed by atoms with Crippen LogP contribution in [0.25, 0.3) is 0 Å². The highest BCUT2D eigenvalue weighted by Crippen LogP contribution is 2.39. The maximum Gasteiger partial charge on any atom is 0.251 e. The molecule has 1 aliphatic carbocycles. The molecule has 0 amide bonds. The van der Waals surface area contributed by atoms with Gasteiger partial charge in [-0.05, 0) is 38.0 Å². The summed E-state index contributed by atoms with van der Waals surface area (Å²) in [6.07, 6.45) is 4.98. The Bertz CT molecular complexity index is 459. The number of rotatable bonds is 4. The van der Waals surface area contributed by atoms with Crippen molar-refractivity contribution in [3.63, 3.8) is 0 Å². The highest BCUT2D eigenvalue weighted by molar-refractivity contribution is 5.11. The molecule has 4 nitrogen and oxygen atoms in total. The van der Waals surface area contributed by atoms with E-state index >= 15 is 0 Å². The van der Waals surface area contributed by atoms with Crippen LogP contribution in [0.3, 0.4) is 0 Å². The van der Waals surface area contributed by atoms with Gasteiger partial charge >= 0.3 is 0 Å². The van der Waals surface area contributed by atoms with E-state index in [1.165, 1.54) is 0 Å². The molecule has 100 valence electrons. The fourth-order valence-corrected chi connectivity index (χ4v) is 2.73.